The number of aliphatic carboxylic acids is 1. The number of nitrogens with zero attached hydrogens (tertiary/aromatic N) is 1. The Labute approximate surface area is 226 Å². The molecule has 214 valence electrons. The van der Waals surface area contributed by atoms with Crippen molar-refractivity contribution >= 4 is 29.6 Å². The van der Waals surface area contributed by atoms with Crippen LogP contribution in [0.15, 0.2) is 0 Å². The lowest BCUT2D eigenvalue weighted by Crippen LogP contribution is -2.55. The van der Waals surface area contributed by atoms with E-state index < -0.39 is 41.4 Å². The Bertz CT molecular complexity index is 889. The van der Waals surface area contributed by atoms with Crippen molar-refractivity contribution in [3.05, 3.63) is 0 Å². The minimum absolute atomic E-state index is 0.0131. The molecular formula is C28H46N4O6. The fraction of sp³-hybridized carbons (Fsp3) is 0.821. The van der Waals surface area contributed by atoms with E-state index in [1.165, 1.54) is 24.2 Å². The number of carboxylic acids is 1. The number of Topliss-reactive ketones (excluding diaryl/α,β-unsaturated/α-hetero) is 1. The van der Waals surface area contributed by atoms with Gasteiger partial charge in [-0.2, -0.15) is 0 Å². The van der Waals surface area contributed by atoms with Crippen molar-refractivity contribution in [3.8, 4) is 0 Å². The van der Waals surface area contributed by atoms with Crippen molar-refractivity contribution in [2.45, 2.75) is 115 Å². The minimum atomic E-state index is -1.24. The molecule has 1 unspecified atom stereocenters. The molecule has 1 aliphatic heterocycles. The second kappa shape index (κ2) is 13.4. The van der Waals surface area contributed by atoms with Gasteiger partial charge in [-0.15, -0.1) is 0 Å². The number of carboxylic acid groups (broad SMARTS) is 1. The average Bonchev–Trinajstić information content (AvgIpc) is 3.79. The second-order valence-electron chi connectivity index (χ2n) is 11.7. The van der Waals surface area contributed by atoms with E-state index >= 15 is 0 Å². The predicted octanol–water partition coefficient (Wildman–Crippen LogP) is 2.99. The third kappa shape index (κ3) is 7.69. The summed E-state index contributed by atoms with van der Waals surface area (Å²) in [6.45, 7) is 5.97. The summed E-state index contributed by atoms with van der Waals surface area (Å²) < 4.78 is 0. The van der Waals surface area contributed by atoms with Crippen LogP contribution in [0.25, 0.3) is 0 Å². The van der Waals surface area contributed by atoms with E-state index in [1.807, 2.05) is 13.8 Å². The molecule has 0 aromatic rings. The number of amides is 4. The van der Waals surface area contributed by atoms with Crippen LogP contribution < -0.4 is 16.0 Å². The van der Waals surface area contributed by atoms with Crippen molar-refractivity contribution in [1.29, 1.82) is 0 Å². The van der Waals surface area contributed by atoms with Crippen LogP contribution in [0.1, 0.15) is 97.8 Å². The fourth-order valence-corrected chi connectivity index (χ4v) is 5.60. The van der Waals surface area contributed by atoms with Crippen LogP contribution in [-0.4, -0.2) is 70.3 Å². The molecule has 3 rings (SSSR count). The number of hydrogen-bond acceptors (Lipinski definition) is 5. The lowest BCUT2D eigenvalue weighted by atomic mass is 9.97. The number of nitrogens with one attached hydrogen (secondary N) is 3. The Kier molecular flexibility index (Phi) is 10.6. The summed E-state index contributed by atoms with van der Waals surface area (Å²) in [7, 11) is 0. The summed E-state index contributed by atoms with van der Waals surface area (Å²) in [6.07, 6.45) is 10.7. The number of rotatable bonds is 16. The monoisotopic (exact) mass is 534 g/mol. The maximum atomic E-state index is 13.1. The topological polar surface area (TPSA) is 145 Å². The predicted molar refractivity (Wildman–Crippen MR) is 142 cm³/mol. The number of unbranched alkanes of at least 4 members (excludes halogenated alkanes) is 5. The lowest BCUT2D eigenvalue weighted by Gasteiger charge is -2.26. The van der Waals surface area contributed by atoms with E-state index in [4.69, 9.17) is 0 Å². The van der Waals surface area contributed by atoms with Gasteiger partial charge in [0.05, 0.1) is 12.6 Å². The Morgan fingerprint density at radius 3 is 2.32 bits per heavy atom. The van der Waals surface area contributed by atoms with E-state index in [0.29, 0.717) is 25.8 Å². The summed E-state index contributed by atoms with van der Waals surface area (Å²) in [5.74, 6) is -1.97. The normalized spacial score (nSPS) is 25.1. The van der Waals surface area contributed by atoms with Gasteiger partial charge in [0.2, 0.25) is 11.8 Å². The van der Waals surface area contributed by atoms with Crippen molar-refractivity contribution in [3.63, 3.8) is 0 Å². The van der Waals surface area contributed by atoms with Gasteiger partial charge in [-0.3, -0.25) is 14.4 Å². The van der Waals surface area contributed by atoms with E-state index in [-0.39, 0.29) is 30.1 Å². The van der Waals surface area contributed by atoms with Gasteiger partial charge in [0.25, 0.3) is 0 Å². The second-order valence-corrected chi connectivity index (χ2v) is 11.7. The van der Waals surface area contributed by atoms with Gasteiger partial charge in [-0.25, -0.2) is 9.59 Å². The Morgan fingerprint density at radius 1 is 1.00 bits per heavy atom. The molecule has 4 N–H and O–H groups in total. The highest BCUT2D eigenvalue weighted by Gasteiger charge is 2.61. The number of carbonyl (C=O) groups excluding carboxylic acids is 4. The largest absolute Gasteiger partial charge is 0.479 e. The van der Waals surface area contributed by atoms with Crippen LogP contribution in [0.5, 0.6) is 0 Å². The number of ketones is 1. The summed E-state index contributed by atoms with van der Waals surface area (Å²) >= 11 is 0. The Balaban J connectivity index is 1.46. The number of likely N-dealkylation sites (tertiary alicyclic amines) is 1. The first-order valence-corrected chi connectivity index (χ1v) is 14.5. The van der Waals surface area contributed by atoms with Gasteiger partial charge < -0.3 is 26.0 Å². The number of carbonyl (C=O) groups is 5. The van der Waals surface area contributed by atoms with E-state index in [2.05, 4.69) is 22.9 Å². The van der Waals surface area contributed by atoms with Crippen LogP contribution in [0.3, 0.4) is 0 Å². The highest BCUT2D eigenvalue weighted by atomic mass is 16.4. The molecule has 4 amide bonds. The zero-order valence-corrected chi connectivity index (χ0v) is 23.2. The first-order chi connectivity index (χ1) is 18.1. The standard InChI is InChI=1S/C28H46N4O6/c1-4-5-6-7-8-9-11-20-16-28(20,26(36)37)31-25(35)21-12-10-15-32(21)22(33)17-29-27(38)30-23(18(2)3)24(34)19-13-14-19/h18-21,23H,4-17H2,1-3H3,(H,31,35)(H,36,37)(H2,29,30,38)/t20?,21-,23-,28+/m0/s1. The molecule has 0 bridgehead atoms. The zero-order valence-electron chi connectivity index (χ0n) is 23.2. The quantitative estimate of drug-likeness (QED) is 0.224. The van der Waals surface area contributed by atoms with Gasteiger partial charge in [0.15, 0.2) is 5.78 Å². The molecule has 0 spiro atoms. The van der Waals surface area contributed by atoms with Gasteiger partial charge in [0, 0.05) is 12.5 Å². The first kappa shape index (κ1) is 29.9. The van der Waals surface area contributed by atoms with Crippen LogP contribution in [0, 0.1) is 17.8 Å². The Morgan fingerprint density at radius 2 is 1.68 bits per heavy atom. The van der Waals surface area contributed by atoms with Gasteiger partial charge in [-0.1, -0.05) is 59.3 Å². The third-order valence-corrected chi connectivity index (χ3v) is 8.25. The molecule has 0 aromatic carbocycles. The number of urea groups is 1. The maximum absolute atomic E-state index is 13.1. The molecule has 10 nitrogen and oxygen atoms in total. The van der Waals surface area contributed by atoms with Gasteiger partial charge in [-0.05, 0) is 50.4 Å². The molecule has 1 heterocycles. The molecular weight excluding hydrogens is 488 g/mol. The highest BCUT2D eigenvalue weighted by molar-refractivity contribution is 5.95. The molecule has 38 heavy (non-hydrogen) atoms. The molecule has 3 fully saturated rings. The summed E-state index contributed by atoms with van der Waals surface area (Å²) in [5.41, 5.74) is -1.24. The smallest absolute Gasteiger partial charge is 0.329 e. The van der Waals surface area contributed by atoms with Crippen molar-refractivity contribution in [1.82, 2.24) is 20.9 Å². The molecule has 10 heteroatoms. The van der Waals surface area contributed by atoms with Crippen LogP contribution in [0.2, 0.25) is 0 Å². The SMILES string of the molecule is CCCCCCCCC1C[C@]1(NC(=O)[C@@H]1CCCN1C(=O)CNC(=O)N[C@H](C(=O)C1CC1)C(C)C)C(=O)O. The summed E-state index contributed by atoms with van der Waals surface area (Å²) in [6, 6.07) is -1.94. The van der Waals surface area contributed by atoms with Crippen LogP contribution in [0.4, 0.5) is 4.79 Å². The highest BCUT2D eigenvalue weighted by Crippen LogP contribution is 2.47. The lowest BCUT2D eigenvalue weighted by molar-refractivity contribution is -0.145. The average molecular weight is 535 g/mol. The first-order valence-electron chi connectivity index (χ1n) is 14.5. The zero-order chi connectivity index (χ0) is 27.9. The molecule has 2 aliphatic carbocycles. The van der Waals surface area contributed by atoms with E-state index in [9.17, 15) is 29.1 Å². The minimum Gasteiger partial charge on any atom is -0.479 e. The van der Waals surface area contributed by atoms with Crippen LogP contribution in [-0.2, 0) is 19.2 Å². The van der Waals surface area contributed by atoms with Gasteiger partial charge in [0.1, 0.15) is 11.6 Å². The molecule has 0 radical (unpaired) electrons. The van der Waals surface area contributed by atoms with Crippen LogP contribution >= 0.6 is 0 Å². The van der Waals surface area contributed by atoms with E-state index in [0.717, 1.165) is 38.5 Å². The van der Waals surface area contributed by atoms with Crippen molar-refractivity contribution in [2.24, 2.45) is 17.8 Å². The summed E-state index contributed by atoms with van der Waals surface area (Å²) in [4.78, 5) is 64.3. The molecule has 3 aliphatic rings. The van der Waals surface area contributed by atoms with Crippen molar-refractivity contribution in [2.75, 3.05) is 13.1 Å². The van der Waals surface area contributed by atoms with E-state index in [1.54, 1.807) is 0 Å². The molecule has 0 aromatic heterocycles. The molecule has 1 saturated heterocycles. The third-order valence-electron chi connectivity index (χ3n) is 8.25. The van der Waals surface area contributed by atoms with Gasteiger partial charge >= 0.3 is 12.0 Å². The Hall–Kier alpha value is -2.65. The molecule has 4 atom stereocenters. The van der Waals surface area contributed by atoms with Crippen molar-refractivity contribution < 1.29 is 29.1 Å². The maximum Gasteiger partial charge on any atom is 0.329 e. The summed E-state index contributed by atoms with van der Waals surface area (Å²) in [5, 5.41) is 17.9. The molecule has 2 saturated carbocycles. The fourth-order valence-electron chi connectivity index (χ4n) is 5.60. The number of hydrogen-bond donors (Lipinski definition) is 4.